The quantitative estimate of drug-likeness (QED) is 0.876. The summed E-state index contributed by atoms with van der Waals surface area (Å²) in [4.78, 5) is 0. The van der Waals surface area contributed by atoms with Crippen LogP contribution < -0.4 is 0 Å². The number of nitrogens with zero attached hydrogens (tertiary/aromatic N) is 2. The first-order valence-corrected chi connectivity index (χ1v) is 7.26. The lowest BCUT2D eigenvalue weighted by Crippen LogP contribution is -2.20. The topological polar surface area (TPSA) is 38.0 Å². The number of aliphatic hydroxyl groups excluding tert-OH is 1. The second kappa shape index (κ2) is 6.55. The fourth-order valence-electron chi connectivity index (χ4n) is 2.12. The molecule has 17 heavy (non-hydrogen) atoms. The SMILES string of the molecule is CCc1nn(CC)c(CC(CC)C(C)O)c1Br. The monoisotopic (exact) mass is 302 g/mol. The molecule has 0 fully saturated rings. The normalized spacial score (nSPS) is 14.9. The summed E-state index contributed by atoms with van der Waals surface area (Å²) in [7, 11) is 0. The Labute approximate surface area is 112 Å². The largest absolute Gasteiger partial charge is 0.393 e. The third-order valence-corrected chi connectivity index (χ3v) is 4.27. The Morgan fingerprint density at radius 3 is 2.41 bits per heavy atom. The van der Waals surface area contributed by atoms with Crippen molar-refractivity contribution in [3.63, 3.8) is 0 Å². The van der Waals surface area contributed by atoms with Crippen molar-refractivity contribution < 1.29 is 5.11 Å². The van der Waals surface area contributed by atoms with Gasteiger partial charge in [0.1, 0.15) is 0 Å². The van der Waals surface area contributed by atoms with E-state index in [1.165, 1.54) is 5.69 Å². The predicted molar refractivity (Wildman–Crippen MR) is 74.1 cm³/mol. The summed E-state index contributed by atoms with van der Waals surface area (Å²) >= 11 is 3.64. The highest BCUT2D eigenvalue weighted by Gasteiger charge is 2.20. The smallest absolute Gasteiger partial charge is 0.0766 e. The summed E-state index contributed by atoms with van der Waals surface area (Å²) in [5, 5.41) is 14.3. The number of hydrogen-bond acceptors (Lipinski definition) is 2. The molecule has 0 saturated carbocycles. The van der Waals surface area contributed by atoms with E-state index >= 15 is 0 Å². The van der Waals surface area contributed by atoms with E-state index in [4.69, 9.17) is 0 Å². The molecule has 0 bridgehead atoms. The highest BCUT2D eigenvalue weighted by molar-refractivity contribution is 9.10. The Bertz CT molecular complexity index is 361. The summed E-state index contributed by atoms with van der Waals surface area (Å²) in [5.41, 5.74) is 2.33. The van der Waals surface area contributed by atoms with Crippen LogP contribution in [-0.4, -0.2) is 21.0 Å². The molecule has 1 aromatic heterocycles. The summed E-state index contributed by atoms with van der Waals surface area (Å²) < 4.78 is 3.18. The first-order chi connectivity index (χ1) is 8.04. The first kappa shape index (κ1) is 14.7. The van der Waals surface area contributed by atoms with Crippen LogP contribution >= 0.6 is 15.9 Å². The molecule has 0 aliphatic heterocycles. The van der Waals surface area contributed by atoms with E-state index in [1.807, 2.05) is 11.6 Å². The molecule has 0 aromatic carbocycles. The van der Waals surface area contributed by atoms with Crippen LogP contribution in [0.1, 0.15) is 45.5 Å². The average molecular weight is 303 g/mol. The average Bonchev–Trinajstić information content (AvgIpc) is 2.62. The van der Waals surface area contributed by atoms with E-state index in [0.717, 1.165) is 36.0 Å². The van der Waals surface area contributed by atoms with Gasteiger partial charge in [-0.2, -0.15) is 5.10 Å². The van der Waals surface area contributed by atoms with Crippen molar-refractivity contribution in [2.24, 2.45) is 5.92 Å². The maximum atomic E-state index is 9.75. The molecule has 3 nitrogen and oxygen atoms in total. The zero-order valence-corrected chi connectivity index (χ0v) is 12.8. The van der Waals surface area contributed by atoms with Crippen LogP contribution in [0.4, 0.5) is 0 Å². The second-order valence-electron chi connectivity index (χ2n) is 4.49. The number of aromatic nitrogens is 2. The first-order valence-electron chi connectivity index (χ1n) is 6.47. The lowest BCUT2D eigenvalue weighted by atomic mass is 9.95. The van der Waals surface area contributed by atoms with Crippen LogP contribution in [0.5, 0.6) is 0 Å². The van der Waals surface area contributed by atoms with Gasteiger partial charge >= 0.3 is 0 Å². The fraction of sp³-hybridized carbons (Fsp3) is 0.769. The van der Waals surface area contributed by atoms with E-state index in [-0.39, 0.29) is 6.10 Å². The molecular formula is C13H23BrN2O. The molecule has 0 radical (unpaired) electrons. The van der Waals surface area contributed by atoms with Gasteiger partial charge in [0.05, 0.1) is 22.0 Å². The molecule has 2 unspecified atom stereocenters. The van der Waals surface area contributed by atoms with Gasteiger partial charge in [-0.15, -0.1) is 0 Å². The van der Waals surface area contributed by atoms with E-state index < -0.39 is 0 Å². The third kappa shape index (κ3) is 3.32. The molecule has 1 aromatic rings. The number of hydrogen-bond donors (Lipinski definition) is 1. The zero-order chi connectivity index (χ0) is 13.0. The molecule has 2 atom stereocenters. The minimum atomic E-state index is -0.266. The minimum Gasteiger partial charge on any atom is -0.393 e. The number of halogens is 1. The summed E-state index contributed by atoms with van der Waals surface area (Å²) in [6, 6.07) is 0. The Hall–Kier alpha value is -0.350. The van der Waals surface area contributed by atoms with Crippen LogP contribution in [0.3, 0.4) is 0 Å². The lowest BCUT2D eigenvalue weighted by Gasteiger charge is -2.18. The molecule has 0 aliphatic rings. The van der Waals surface area contributed by atoms with Gasteiger partial charge in [-0.25, -0.2) is 0 Å². The Morgan fingerprint density at radius 1 is 1.35 bits per heavy atom. The molecule has 98 valence electrons. The van der Waals surface area contributed by atoms with Gasteiger partial charge < -0.3 is 5.11 Å². The van der Waals surface area contributed by atoms with Crippen molar-refractivity contribution >= 4 is 15.9 Å². The van der Waals surface area contributed by atoms with E-state index in [9.17, 15) is 5.11 Å². The Kier molecular flexibility index (Phi) is 5.67. The number of rotatable bonds is 6. The predicted octanol–water partition coefficient (Wildman–Crippen LogP) is 3.18. The molecule has 0 spiro atoms. The zero-order valence-electron chi connectivity index (χ0n) is 11.2. The molecular weight excluding hydrogens is 280 g/mol. The standard InChI is InChI=1S/C13H23BrN2O/c1-5-10(9(4)17)8-12-13(14)11(6-2)15-16(12)7-3/h9-10,17H,5-8H2,1-4H3. The summed E-state index contributed by atoms with van der Waals surface area (Å²) in [6.07, 6.45) is 2.54. The molecule has 0 saturated heterocycles. The molecule has 0 amide bonds. The number of aliphatic hydroxyl groups is 1. The van der Waals surface area contributed by atoms with Crippen molar-refractivity contribution in [2.45, 2.75) is 59.6 Å². The van der Waals surface area contributed by atoms with Crippen LogP contribution in [0.15, 0.2) is 4.47 Å². The lowest BCUT2D eigenvalue weighted by molar-refractivity contribution is 0.121. The molecule has 1 heterocycles. The van der Waals surface area contributed by atoms with Gasteiger partial charge in [0.15, 0.2) is 0 Å². The van der Waals surface area contributed by atoms with E-state index in [2.05, 4.69) is 41.8 Å². The fourth-order valence-corrected chi connectivity index (χ4v) is 2.84. The van der Waals surface area contributed by atoms with Crippen molar-refractivity contribution in [3.05, 3.63) is 15.9 Å². The second-order valence-corrected chi connectivity index (χ2v) is 5.28. The molecule has 0 aliphatic carbocycles. The van der Waals surface area contributed by atoms with E-state index in [1.54, 1.807) is 0 Å². The highest BCUT2D eigenvalue weighted by Crippen LogP contribution is 2.26. The van der Waals surface area contributed by atoms with E-state index in [0.29, 0.717) is 5.92 Å². The van der Waals surface area contributed by atoms with Crippen molar-refractivity contribution in [3.8, 4) is 0 Å². The van der Waals surface area contributed by atoms with Gasteiger partial charge in [-0.3, -0.25) is 4.68 Å². The molecule has 1 N–H and O–H groups in total. The molecule has 1 rings (SSSR count). The van der Waals surface area contributed by atoms with Crippen LogP contribution in [0, 0.1) is 5.92 Å². The van der Waals surface area contributed by atoms with Gasteiger partial charge in [0.2, 0.25) is 0 Å². The van der Waals surface area contributed by atoms with Crippen LogP contribution in [0.2, 0.25) is 0 Å². The van der Waals surface area contributed by atoms with Crippen molar-refractivity contribution in [1.29, 1.82) is 0 Å². The Balaban J connectivity index is 2.99. The van der Waals surface area contributed by atoms with Gasteiger partial charge in [-0.1, -0.05) is 20.3 Å². The summed E-state index contributed by atoms with van der Waals surface area (Å²) in [6.45, 7) is 9.09. The molecule has 4 heteroatoms. The van der Waals surface area contributed by atoms with Crippen LogP contribution in [-0.2, 0) is 19.4 Å². The number of aryl methyl sites for hydroxylation is 2. The van der Waals surface area contributed by atoms with Gasteiger partial charge in [0.25, 0.3) is 0 Å². The third-order valence-electron chi connectivity index (χ3n) is 3.36. The highest BCUT2D eigenvalue weighted by atomic mass is 79.9. The maximum absolute atomic E-state index is 9.75. The minimum absolute atomic E-state index is 0.266. The van der Waals surface area contributed by atoms with Gasteiger partial charge in [-0.05, 0) is 48.5 Å². The van der Waals surface area contributed by atoms with Crippen LogP contribution in [0.25, 0.3) is 0 Å². The van der Waals surface area contributed by atoms with Crippen molar-refractivity contribution in [2.75, 3.05) is 0 Å². The summed E-state index contributed by atoms with van der Waals surface area (Å²) in [5.74, 6) is 0.304. The Morgan fingerprint density at radius 2 is 2.00 bits per heavy atom. The van der Waals surface area contributed by atoms with Gasteiger partial charge in [0, 0.05) is 6.54 Å². The van der Waals surface area contributed by atoms with Crippen molar-refractivity contribution in [1.82, 2.24) is 9.78 Å². The maximum Gasteiger partial charge on any atom is 0.0766 e.